The number of ether oxygens (including phenoxy) is 2. The Balaban J connectivity index is 2.61. The van der Waals surface area contributed by atoms with Crippen molar-refractivity contribution in [3.05, 3.63) is 65.2 Å². The van der Waals surface area contributed by atoms with Gasteiger partial charge in [-0.1, -0.05) is 64.2 Å². The summed E-state index contributed by atoms with van der Waals surface area (Å²) in [6.45, 7) is 4.29. The monoisotopic (exact) mass is 622 g/mol. The van der Waals surface area contributed by atoms with Crippen LogP contribution >= 0.6 is 0 Å². The molecule has 2 rings (SSSR count). The minimum absolute atomic E-state index is 0.0389. The predicted molar refractivity (Wildman–Crippen MR) is 165 cm³/mol. The highest BCUT2D eigenvalue weighted by Gasteiger charge is 2.26. The number of rotatable bonds is 17. The summed E-state index contributed by atoms with van der Waals surface area (Å²) < 4.78 is 64.4. The Bertz CT molecular complexity index is 1360. The van der Waals surface area contributed by atoms with E-state index in [4.69, 9.17) is 9.47 Å². The smallest absolute Gasteiger partial charge is 0.339 e. The minimum atomic E-state index is -3.51. The average molecular weight is 623 g/mol. The zero-order valence-corrected chi connectivity index (χ0v) is 27.1. The highest BCUT2D eigenvalue weighted by atomic mass is 32.2. The van der Waals surface area contributed by atoms with Gasteiger partial charge in [0.15, 0.2) is 21.5 Å². The number of quaternary nitrogens is 1. The van der Waals surface area contributed by atoms with Gasteiger partial charge in [0, 0.05) is 11.8 Å². The maximum atomic E-state index is 14.4. The van der Waals surface area contributed by atoms with Crippen molar-refractivity contribution in [3.8, 4) is 0 Å². The molecule has 0 saturated heterocycles. The van der Waals surface area contributed by atoms with Crippen LogP contribution in [0.15, 0.2) is 47.4 Å². The van der Waals surface area contributed by atoms with Gasteiger partial charge in [-0.05, 0) is 48.2 Å². The van der Waals surface area contributed by atoms with E-state index in [1.807, 2.05) is 28.1 Å². The van der Waals surface area contributed by atoms with Crippen LogP contribution < -0.4 is 0 Å². The molecule has 238 valence electrons. The minimum Gasteiger partial charge on any atom is -0.461 e. The molecular weight excluding hydrogens is 576 g/mol. The van der Waals surface area contributed by atoms with Gasteiger partial charge >= 0.3 is 11.9 Å². The standard InChI is InChI=1S/C33H46F2NO6S/c1-7-9-10-11-13-25(12-8-2)32(37)42-23-28(24-14-17-27(18-15-24)43(6,39)40)31(26-16-19-29(34)30(35)22-26)33(38)41-21-20-36(3,4)5/h14-19,22,25H,7-13,20-21,23H2,1-6H3/q+1/t25-/m1/s1. The van der Waals surface area contributed by atoms with E-state index in [1.165, 1.54) is 30.3 Å². The maximum absolute atomic E-state index is 14.4. The number of likely N-dealkylation sites (N-methyl/N-ethyl adjacent to an activating group) is 1. The van der Waals surface area contributed by atoms with E-state index >= 15 is 0 Å². The highest BCUT2D eigenvalue weighted by molar-refractivity contribution is 7.90. The number of sulfone groups is 1. The van der Waals surface area contributed by atoms with Gasteiger partial charge < -0.3 is 14.0 Å². The normalized spacial score (nSPS) is 13.3. The third-order valence-electron chi connectivity index (χ3n) is 7.08. The van der Waals surface area contributed by atoms with Crippen LogP contribution in [-0.2, 0) is 28.9 Å². The summed E-state index contributed by atoms with van der Waals surface area (Å²) in [6.07, 6.45) is 7.26. The second-order valence-electron chi connectivity index (χ2n) is 11.9. The number of benzene rings is 2. The number of hydrogen-bond donors (Lipinski definition) is 0. The molecule has 2 aromatic rings. The molecule has 10 heteroatoms. The van der Waals surface area contributed by atoms with Crippen molar-refractivity contribution in [2.75, 3.05) is 47.2 Å². The molecule has 7 nitrogen and oxygen atoms in total. The molecule has 0 heterocycles. The third kappa shape index (κ3) is 11.8. The van der Waals surface area contributed by atoms with Crippen LogP contribution in [0.25, 0.3) is 11.1 Å². The molecular formula is C33H46F2NO6S+. The fraction of sp³-hybridized carbons (Fsp3) is 0.515. The van der Waals surface area contributed by atoms with E-state index in [0.29, 0.717) is 29.4 Å². The van der Waals surface area contributed by atoms with Crippen molar-refractivity contribution in [1.82, 2.24) is 0 Å². The molecule has 1 atom stereocenters. The van der Waals surface area contributed by atoms with E-state index in [-0.39, 0.29) is 40.7 Å². The molecule has 0 aliphatic heterocycles. The Kier molecular flexibility index (Phi) is 14.0. The summed E-state index contributed by atoms with van der Waals surface area (Å²) in [7, 11) is 2.29. The molecule has 2 aromatic carbocycles. The fourth-order valence-electron chi connectivity index (χ4n) is 4.56. The molecule has 0 spiro atoms. The summed E-state index contributed by atoms with van der Waals surface area (Å²) in [4.78, 5) is 26.9. The Labute approximate surface area is 255 Å². The SMILES string of the molecule is CCCCCC[C@@H](CCC)C(=O)OCC(=C(C(=O)OCC[N+](C)(C)C)c1ccc(F)c(F)c1)c1ccc(S(C)(=O)=O)cc1. The van der Waals surface area contributed by atoms with E-state index in [0.717, 1.165) is 50.5 Å². The molecule has 0 unspecified atom stereocenters. The lowest BCUT2D eigenvalue weighted by molar-refractivity contribution is -0.870. The number of esters is 2. The van der Waals surface area contributed by atoms with Crippen molar-refractivity contribution in [1.29, 1.82) is 0 Å². The molecule has 0 N–H and O–H groups in total. The van der Waals surface area contributed by atoms with Crippen molar-refractivity contribution in [2.24, 2.45) is 5.92 Å². The van der Waals surface area contributed by atoms with Gasteiger partial charge in [0.25, 0.3) is 0 Å². The van der Waals surface area contributed by atoms with Gasteiger partial charge in [-0.2, -0.15) is 0 Å². The van der Waals surface area contributed by atoms with Crippen LogP contribution in [0, 0.1) is 17.6 Å². The molecule has 0 bridgehead atoms. The van der Waals surface area contributed by atoms with E-state index < -0.39 is 33.4 Å². The molecule has 0 radical (unpaired) electrons. The van der Waals surface area contributed by atoms with Crippen LogP contribution in [0.4, 0.5) is 8.78 Å². The van der Waals surface area contributed by atoms with Gasteiger partial charge in [0.05, 0.1) is 37.5 Å². The Morgan fingerprint density at radius 1 is 0.837 bits per heavy atom. The average Bonchev–Trinajstić information content (AvgIpc) is 2.93. The lowest BCUT2D eigenvalue weighted by Crippen LogP contribution is -2.38. The van der Waals surface area contributed by atoms with Gasteiger partial charge in [0.1, 0.15) is 19.8 Å². The first-order valence-corrected chi connectivity index (χ1v) is 16.7. The van der Waals surface area contributed by atoms with Crippen LogP contribution in [0.1, 0.15) is 69.9 Å². The number of carbonyl (C=O) groups excluding carboxylic acids is 2. The van der Waals surface area contributed by atoms with Crippen LogP contribution in [0.3, 0.4) is 0 Å². The van der Waals surface area contributed by atoms with Gasteiger partial charge in [-0.25, -0.2) is 22.0 Å². The first-order valence-electron chi connectivity index (χ1n) is 14.8. The molecule has 0 saturated carbocycles. The summed E-state index contributed by atoms with van der Waals surface area (Å²) in [5, 5.41) is 0. The highest BCUT2D eigenvalue weighted by Crippen LogP contribution is 2.31. The largest absolute Gasteiger partial charge is 0.461 e. The molecule has 43 heavy (non-hydrogen) atoms. The fourth-order valence-corrected chi connectivity index (χ4v) is 5.19. The van der Waals surface area contributed by atoms with Crippen LogP contribution in [0.5, 0.6) is 0 Å². The van der Waals surface area contributed by atoms with Crippen LogP contribution in [-0.4, -0.2) is 72.0 Å². The molecule has 0 fully saturated rings. The predicted octanol–water partition coefficient (Wildman–Crippen LogP) is 6.46. The van der Waals surface area contributed by atoms with E-state index in [1.54, 1.807) is 0 Å². The summed E-state index contributed by atoms with van der Waals surface area (Å²) in [5.41, 5.74) is 0.502. The van der Waals surface area contributed by atoms with Crippen molar-refractivity contribution in [3.63, 3.8) is 0 Å². The van der Waals surface area contributed by atoms with Crippen LogP contribution in [0.2, 0.25) is 0 Å². The van der Waals surface area contributed by atoms with Gasteiger partial charge in [-0.3, -0.25) is 4.79 Å². The van der Waals surface area contributed by atoms with Crippen molar-refractivity contribution < 1.29 is 40.7 Å². The second kappa shape index (κ2) is 16.7. The van der Waals surface area contributed by atoms with E-state index in [2.05, 4.69) is 6.92 Å². The van der Waals surface area contributed by atoms with Gasteiger partial charge in [0.2, 0.25) is 0 Å². The maximum Gasteiger partial charge on any atom is 0.339 e. The molecule has 0 aliphatic rings. The number of unbranched alkanes of at least 4 members (excludes halogenated alkanes) is 3. The first kappa shape index (κ1) is 36.1. The van der Waals surface area contributed by atoms with Crippen molar-refractivity contribution >= 4 is 32.9 Å². The first-order chi connectivity index (χ1) is 20.2. The Hall–Kier alpha value is -3.11. The lowest BCUT2D eigenvalue weighted by atomic mass is 9.94. The summed E-state index contributed by atoms with van der Waals surface area (Å²) >= 11 is 0. The van der Waals surface area contributed by atoms with E-state index in [9.17, 15) is 26.8 Å². The summed E-state index contributed by atoms with van der Waals surface area (Å²) in [6, 6.07) is 8.81. The lowest BCUT2D eigenvalue weighted by Gasteiger charge is -2.24. The zero-order valence-electron chi connectivity index (χ0n) is 26.3. The Morgan fingerprint density at radius 3 is 2.05 bits per heavy atom. The molecule has 0 aromatic heterocycles. The zero-order chi connectivity index (χ0) is 32.2. The molecule has 0 amide bonds. The van der Waals surface area contributed by atoms with Gasteiger partial charge in [-0.15, -0.1) is 0 Å². The number of carbonyl (C=O) groups is 2. The number of nitrogens with zero attached hydrogens (tertiary/aromatic N) is 1. The topological polar surface area (TPSA) is 86.7 Å². The molecule has 0 aliphatic carbocycles. The second-order valence-corrected chi connectivity index (χ2v) is 13.9. The summed E-state index contributed by atoms with van der Waals surface area (Å²) in [5.74, 6) is -3.78. The Morgan fingerprint density at radius 2 is 1.49 bits per heavy atom. The quantitative estimate of drug-likeness (QED) is 0.0662. The number of halogens is 2. The number of hydrogen-bond acceptors (Lipinski definition) is 6. The third-order valence-corrected chi connectivity index (χ3v) is 8.20. The van der Waals surface area contributed by atoms with Crippen molar-refractivity contribution in [2.45, 2.75) is 63.7 Å².